The van der Waals surface area contributed by atoms with Gasteiger partial charge in [-0.25, -0.2) is 0 Å². The van der Waals surface area contributed by atoms with Gasteiger partial charge in [-0.15, -0.1) is 0 Å². The molecule has 0 aromatic rings. The molecule has 0 aromatic heterocycles. The van der Waals surface area contributed by atoms with E-state index in [-0.39, 0.29) is 0 Å². The van der Waals surface area contributed by atoms with E-state index < -0.39 is 0 Å². The van der Waals surface area contributed by atoms with E-state index in [4.69, 9.17) is 0 Å². The SMILES string of the molecule is CNCCN1CCC(CNC)CC1. The van der Waals surface area contributed by atoms with Crippen LogP contribution in [0.25, 0.3) is 0 Å². The Labute approximate surface area is 81.9 Å². The molecule has 0 radical (unpaired) electrons. The monoisotopic (exact) mass is 185 g/mol. The van der Waals surface area contributed by atoms with E-state index in [2.05, 4.69) is 15.5 Å². The van der Waals surface area contributed by atoms with E-state index in [1.807, 2.05) is 14.1 Å². The molecule has 2 N–H and O–H groups in total. The lowest BCUT2D eigenvalue weighted by Crippen LogP contribution is -2.39. The molecule has 0 atom stereocenters. The molecule has 3 nitrogen and oxygen atoms in total. The molecule has 1 aliphatic rings. The average Bonchev–Trinajstić information content (AvgIpc) is 2.17. The van der Waals surface area contributed by atoms with Crippen LogP contribution in [0.2, 0.25) is 0 Å². The third-order valence-corrected chi connectivity index (χ3v) is 2.88. The number of nitrogens with one attached hydrogen (secondary N) is 2. The Morgan fingerprint density at radius 2 is 1.85 bits per heavy atom. The molecule has 78 valence electrons. The Kier molecular flexibility index (Phi) is 5.35. The van der Waals surface area contributed by atoms with Crippen LogP contribution in [0.5, 0.6) is 0 Å². The van der Waals surface area contributed by atoms with E-state index in [1.54, 1.807) is 0 Å². The van der Waals surface area contributed by atoms with Crippen molar-refractivity contribution in [3.8, 4) is 0 Å². The summed E-state index contributed by atoms with van der Waals surface area (Å²) in [6.45, 7) is 6.10. The van der Waals surface area contributed by atoms with Crippen LogP contribution < -0.4 is 10.6 Å². The lowest BCUT2D eigenvalue weighted by Gasteiger charge is -2.31. The molecule has 0 aliphatic carbocycles. The largest absolute Gasteiger partial charge is 0.319 e. The Morgan fingerprint density at radius 3 is 2.38 bits per heavy atom. The average molecular weight is 185 g/mol. The number of hydrogen-bond acceptors (Lipinski definition) is 3. The van der Waals surface area contributed by atoms with Crippen molar-refractivity contribution in [2.45, 2.75) is 12.8 Å². The molecule has 1 rings (SSSR count). The van der Waals surface area contributed by atoms with Gasteiger partial charge in [-0.1, -0.05) is 0 Å². The molecule has 0 bridgehead atoms. The van der Waals surface area contributed by atoms with Gasteiger partial charge < -0.3 is 15.5 Å². The molecule has 1 fully saturated rings. The van der Waals surface area contributed by atoms with Crippen LogP contribution in [0.15, 0.2) is 0 Å². The smallest absolute Gasteiger partial charge is 0.0107 e. The van der Waals surface area contributed by atoms with Crippen molar-refractivity contribution in [3.63, 3.8) is 0 Å². The number of nitrogens with zero attached hydrogens (tertiary/aromatic N) is 1. The van der Waals surface area contributed by atoms with Gasteiger partial charge in [-0.3, -0.25) is 0 Å². The molecule has 0 saturated carbocycles. The standard InChI is InChI=1S/C10H23N3/c1-11-5-8-13-6-3-10(4-7-13)9-12-2/h10-12H,3-9H2,1-2H3. The zero-order chi connectivity index (χ0) is 9.52. The van der Waals surface area contributed by atoms with Gasteiger partial charge in [0.2, 0.25) is 0 Å². The van der Waals surface area contributed by atoms with Crippen molar-refractivity contribution in [1.82, 2.24) is 15.5 Å². The van der Waals surface area contributed by atoms with Crippen LogP contribution in [0.3, 0.4) is 0 Å². The number of rotatable bonds is 5. The van der Waals surface area contributed by atoms with Crippen molar-refractivity contribution in [1.29, 1.82) is 0 Å². The minimum Gasteiger partial charge on any atom is -0.319 e. The Morgan fingerprint density at radius 1 is 1.15 bits per heavy atom. The summed E-state index contributed by atoms with van der Waals surface area (Å²) < 4.78 is 0. The van der Waals surface area contributed by atoms with E-state index in [1.165, 1.54) is 39.0 Å². The van der Waals surface area contributed by atoms with Crippen LogP contribution >= 0.6 is 0 Å². The summed E-state index contributed by atoms with van der Waals surface area (Å²) in [5, 5.41) is 6.46. The highest BCUT2D eigenvalue weighted by Gasteiger charge is 2.17. The summed E-state index contributed by atoms with van der Waals surface area (Å²) in [5.41, 5.74) is 0. The van der Waals surface area contributed by atoms with Crippen molar-refractivity contribution in [2.75, 3.05) is 46.8 Å². The van der Waals surface area contributed by atoms with Crippen molar-refractivity contribution < 1.29 is 0 Å². The fourth-order valence-corrected chi connectivity index (χ4v) is 1.97. The zero-order valence-electron chi connectivity index (χ0n) is 8.97. The highest BCUT2D eigenvalue weighted by molar-refractivity contribution is 4.73. The van der Waals surface area contributed by atoms with Crippen LogP contribution in [-0.2, 0) is 0 Å². The zero-order valence-corrected chi connectivity index (χ0v) is 8.97. The first-order valence-electron chi connectivity index (χ1n) is 5.38. The summed E-state index contributed by atoms with van der Waals surface area (Å²) in [4.78, 5) is 2.56. The normalized spacial score (nSPS) is 20.8. The van der Waals surface area contributed by atoms with Gasteiger partial charge in [0.05, 0.1) is 0 Å². The second-order valence-corrected chi connectivity index (χ2v) is 3.95. The second-order valence-electron chi connectivity index (χ2n) is 3.95. The summed E-state index contributed by atoms with van der Waals surface area (Å²) in [6.07, 6.45) is 2.73. The minimum absolute atomic E-state index is 0.913. The molecule has 0 amide bonds. The van der Waals surface area contributed by atoms with Crippen molar-refractivity contribution in [3.05, 3.63) is 0 Å². The first kappa shape index (κ1) is 11.0. The van der Waals surface area contributed by atoms with Gasteiger partial charge >= 0.3 is 0 Å². The molecule has 1 aliphatic heterocycles. The van der Waals surface area contributed by atoms with Crippen LogP contribution in [0.4, 0.5) is 0 Å². The molecule has 1 saturated heterocycles. The summed E-state index contributed by atoms with van der Waals surface area (Å²) in [6, 6.07) is 0. The van der Waals surface area contributed by atoms with Crippen molar-refractivity contribution in [2.24, 2.45) is 5.92 Å². The maximum atomic E-state index is 3.26. The first-order valence-corrected chi connectivity index (χ1v) is 5.38. The highest BCUT2D eigenvalue weighted by atomic mass is 15.1. The molecule has 3 heteroatoms. The number of likely N-dealkylation sites (N-methyl/N-ethyl adjacent to an activating group) is 1. The van der Waals surface area contributed by atoms with Crippen LogP contribution in [0, 0.1) is 5.92 Å². The molecular weight excluding hydrogens is 162 g/mol. The van der Waals surface area contributed by atoms with Gasteiger partial charge in [0.1, 0.15) is 0 Å². The fraction of sp³-hybridized carbons (Fsp3) is 1.00. The minimum atomic E-state index is 0.913. The van der Waals surface area contributed by atoms with Crippen LogP contribution in [0.1, 0.15) is 12.8 Å². The topological polar surface area (TPSA) is 27.3 Å². The van der Waals surface area contributed by atoms with Crippen molar-refractivity contribution >= 4 is 0 Å². The number of piperidine rings is 1. The maximum Gasteiger partial charge on any atom is 0.0107 e. The lowest BCUT2D eigenvalue weighted by molar-refractivity contribution is 0.185. The number of likely N-dealkylation sites (tertiary alicyclic amines) is 1. The van der Waals surface area contributed by atoms with E-state index in [0.717, 1.165) is 12.5 Å². The molecule has 1 heterocycles. The van der Waals surface area contributed by atoms with Gasteiger partial charge in [-0.05, 0) is 52.5 Å². The molecule has 0 spiro atoms. The van der Waals surface area contributed by atoms with E-state index in [0.29, 0.717) is 0 Å². The summed E-state index contributed by atoms with van der Waals surface area (Å²) in [5.74, 6) is 0.913. The molecular formula is C10H23N3. The third-order valence-electron chi connectivity index (χ3n) is 2.88. The van der Waals surface area contributed by atoms with Gasteiger partial charge in [0.25, 0.3) is 0 Å². The molecule has 13 heavy (non-hydrogen) atoms. The third kappa shape index (κ3) is 4.07. The highest BCUT2D eigenvalue weighted by Crippen LogP contribution is 2.15. The van der Waals surface area contributed by atoms with E-state index >= 15 is 0 Å². The lowest BCUT2D eigenvalue weighted by atomic mass is 9.97. The molecule has 0 aromatic carbocycles. The predicted molar refractivity (Wildman–Crippen MR) is 57.0 cm³/mol. The predicted octanol–water partition coefficient (Wildman–Crippen LogP) is 0.137. The van der Waals surface area contributed by atoms with Gasteiger partial charge in [-0.2, -0.15) is 0 Å². The fourth-order valence-electron chi connectivity index (χ4n) is 1.97. The quantitative estimate of drug-likeness (QED) is 0.638. The number of hydrogen-bond donors (Lipinski definition) is 2. The van der Waals surface area contributed by atoms with Gasteiger partial charge in [0.15, 0.2) is 0 Å². The summed E-state index contributed by atoms with van der Waals surface area (Å²) >= 11 is 0. The summed E-state index contributed by atoms with van der Waals surface area (Å²) in [7, 11) is 4.07. The van der Waals surface area contributed by atoms with Crippen LogP contribution in [-0.4, -0.2) is 51.7 Å². The Hall–Kier alpha value is -0.120. The first-order chi connectivity index (χ1) is 6.36. The molecule has 0 unspecified atom stereocenters. The second kappa shape index (κ2) is 6.35. The Balaban J connectivity index is 2.08. The Bertz CT molecular complexity index is 119. The maximum absolute atomic E-state index is 3.26. The van der Waals surface area contributed by atoms with E-state index in [9.17, 15) is 0 Å². The van der Waals surface area contributed by atoms with Gasteiger partial charge in [0, 0.05) is 13.1 Å².